The highest BCUT2D eigenvalue weighted by atomic mass is 19.4. The molecule has 1 atom stereocenters. The second-order valence-electron chi connectivity index (χ2n) is 3.33. The fourth-order valence-electron chi connectivity index (χ4n) is 1.37. The van der Waals surface area contributed by atoms with Gasteiger partial charge in [0.15, 0.2) is 0 Å². The molecule has 3 N–H and O–H groups in total. The minimum absolute atomic E-state index is 0.527. The molecule has 0 aliphatic heterocycles. The van der Waals surface area contributed by atoms with Crippen molar-refractivity contribution in [2.45, 2.75) is 12.1 Å². The smallest absolute Gasteiger partial charge is 0.397 e. The van der Waals surface area contributed by atoms with Crippen LogP contribution in [0.25, 0.3) is 0 Å². The van der Waals surface area contributed by atoms with Gasteiger partial charge in [0, 0.05) is 24.2 Å². The first kappa shape index (κ1) is 13.2. The summed E-state index contributed by atoms with van der Waals surface area (Å²) in [5.41, 5.74) is 3.87. The number of phenols is 1. The number of phenolic OH excluding ortho intramolecular Hbond substituents is 1. The predicted octanol–water partition coefficient (Wildman–Crippen LogP) is 1.90. The van der Waals surface area contributed by atoms with Crippen LogP contribution in [0.1, 0.15) is 11.5 Å². The number of halogens is 3. The normalized spacial score (nSPS) is 13.4. The van der Waals surface area contributed by atoms with Crippen LogP contribution in [0.3, 0.4) is 0 Å². The summed E-state index contributed by atoms with van der Waals surface area (Å²) in [6.07, 6.45) is -4.67. The van der Waals surface area contributed by atoms with E-state index in [9.17, 15) is 28.4 Å². The summed E-state index contributed by atoms with van der Waals surface area (Å²) in [5, 5.41) is 19.7. The SMILES string of the molecule is NCC(c1cc([N+](=O)[O-])ccc1O)C(F)(F)F. The van der Waals surface area contributed by atoms with E-state index in [0.717, 1.165) is 12.1 Å². The molecule has 8 heteroatoms. The average Bonchev–Trinajstić information content (AvgIpc) is 2.19. The van der Waals surface area contributed by atoms with Gasteiger partial charge >= 0.3 is 6.18 Å². The van der Waals surface area contributed by atoms with Crippen LogP contribution in [0, 0.1) is 10.1 Å². The van der Waals surface area contributed by atoms with Crippen LogP contribution >= 0.6 is 0 Å². The lowest BCUT2D eigenvalue weighted by Crippen LogP contribution is -2.28. The summed E-state index contributed by atoms with van der Waals surface area (Å²) in [6.45, 7) is -0.793. The molecule has 0 spiro atoms. The van der Waals surface area contributed by atoms with Gasteiger partial charge < -0.3 is 10.8 Å². The summed E-state index contributed by atoms with van der Waals surface area (Å²) in [4.78, 5) is 9.60. The topological polar surface area (TPSA) is 89.4 Å². The Labute approximate surface area is 93.8 Å². The zero-order valence-electron chi connectivity index (χ0n) is 8.44. The third-order valence-electron chi connectivity index (χ3n) is 2.23. The Morgan fingerprint density at radius 3 is 2.47 bits per heavy atom. The van der Waals surface area contributed by atoms with E-state index in [0.29, 0.717) is 6.07 Å². The van der Waals surface area contributed by atoms with Gasteiger partial charge in [-0.25, -0.2) is 0 Å². The first-order valence-electron chi connectivity index (χ1n) is 4.51. The van der Waals surface area contributed by atoms with Crippen molar-refractivity contribution in [3.05, 3.63) is 33.9 Å². The Morgan fingerprint density at radius 2 is 2.06 bits per heavy atom. The molecular weight excluding hydrogens is 241 g/mol. The van der Waals surface area contributed by atoms with E-state index in [1.54, 1.807) is 0 Å². The Balaban J connectivity index is 3.28. The molecule has 0 heterocycles. The molecule has 0 bridgehead atoms. The molecular formula is C9H9F3N2O3. The molecule has 94 valence electrons. The number of nitrogens with two attached hydrogens (primary N) is 1. The van der Waals surface area contributed by atoms with Gasteiger partial charge in [0.1, 0.15) is 5.75 Å². The number of benzene rings is 1. The van der Waals surface area contributed by atoms with Crippen LogP contribution < -0.4 is 5.73 Å². The lowest BCUT2D eigenvalue weighted by atomic mass is 9.97. The number of nitro groups is 1. The van der Waals surface area contributed by atoms with Crippen molar-refractivity contribution in [1.29, 1.82) is 0 Å². The maximum absolute atomic E-state index is 12.6. The number of aromatic hydroxyl groups is 1. The summed E-state index contributed by atoms with van der Waals surface area (Å²) in [5.74, 6) is -2.79. The number of rotatable bonds is 3. The third-order valence-corrected chi connectivity index (χ3v) is 2.23. The van der Waals surface area contributed by atoms with E-state index in [1.807, 2.05) is 0 Å². The van der Waals surface area contributed by atoms with Crippen molar-refractivity contribution in [3.8, 4) is 5.75 Å². The molecule has 5 nitrogen and oxygen atoms in total. The van der Waals surface area contributed by atoms with Crippen LogP contribution in [-0.4, -0.2) is 22.8 Å². The maximum atomic E-state index is 12.6. The molecule has 0 aromatic heterocycles. The fourth-order valence-corrected chi connectivity index (χ4v) is 1.37. The molecule has 1 aromatic rings. The van der Waals surface area contributed by atoms with E-state index in [4.69, 9.17) is 5.73 Å². The van der Waals surface area contributed by atoms with Gasteiger partial charge in [0.05, 0.1) is 10.8 Å². The molecule has 0 aliphatic rings. The van der Waals surface area contributed by atoms with Crippen LogP contribution in [0.5, 0.6) is 5.75 Å². The molecule has 1 unspecified atom stereocenters. The second kappa shape index (κ2) is 4.58. The van der Waals surface area contributed by atoms with Crippen molar-refractivity contribution in [3.63, 3.8) is 0 Å². The third kappa shape index (κ3) is 2.84. The zero-order chi connectivity index (χ0) is 13.2. The molecule has 0 saturated carbocycles. The Kier molecular flexibility index (Phi) is 3.56. The first-order valence-corrected chi connectivity index (χ1v) is 4.51. The Morgan fingerprint density at radius 1 is 1.47 bits per heavy atom. The van der Waals surface area contributed by atoms with Crippen LogP contribution in [0.4, 0.5) is 18.9 Å². The standard InChI is InChI=1S/C9H9F3N2O3/c10-9(11,12)7(4-13)6-3-5(14(16)17)1-2-8(6)15/h1-3,7,15H,4,13H2. The van der Waals surface area contributed by atoms with E-state index < -0.39 is 40.6 Å². The van der Waals surface area contributed by atoms with Crippen LogP contribution in [-0.2, 0) is 0 Å². The van der Waals surface area contributed by atoms with E-state index in [-0.39, 0.29) is 0 Å². The molecule has 17 heavy (non-hydrogen) atoms. The van der Waals surface area contributed by atoms with Gasteiger partial charge in [-0.2, -0.15) is 13.2 Å². The number of alkyl halides is 3. The second-order valence-corrected chi connectivity index (χ2v) is 3.33. The van der Waals surface area contributed by atoms with Gasteiger partial charge in [0.2, 0.25) is 0 Å². The molecule has 0 saturated heterocycles. The highest BCUT2D eigenvalue weighted by molar-refractivity contribution is 5.45. The predicted molar refractivity (Wildman–Crippen MR) is 52.6 cm³/mol. The minimum Gasteiger partial charge on any atom is -0.508 e. The van der Waals surface area contributed by atoms with E-state index in [1.165, 1.54) is 0 Å². The van der Waals surface area contributed by atoms with Gasteiger partial charge in [-0.05, 0) is 6.07 Å². The van der Waals surface area contributed by atoms with Crippen molar-refractivity contribution >= 4 is 5.69 Å². The quantitative estimate of drug-likeness (QED) is 0.633. The minimum atomic E-state index is -4.67. The van der Waals surface area contributed by atoms with E-state index in [2.05, 4.69) is 0 Å². The lowest BCUT2D eigenvalue weighted by Gasteiger charge is -2.19. The zero-order valence-corrected chi connectivity index (χ0v) is 8.44. The number of nitro benzene ring substituents is 1. The monoisotopic (exact) mass is 250 g/mol. The maximum Gasteiger partial charge on any atom is 0.397 e. The highest BCUT2D eigenvalue weighted by Crippen LogP contribution is 2.39. The van der Waals surface area contributed by atoms with Crippen molar-refractivity contribution in [1.82, 2.24) is 0 Å². The van der Waals surface area contributed by atoms with Gasteiger partial charge in [-0.15, -0.1) is 0 Å². The largest absolute Gasteiger partial charge is 0.508 e. The Bertz CT molecular complexity index is 434. The van der Waals surface area contributed by atoms with Crippen LogP contribution in [0.15, 0.2) is 18.2 Å². The molecule has 0 aliphatic carbocycles. The number of hydrogen-bond acceptors (Lipinski definition) is 4. The number of nitrogens with zero attached hydrogens (tertiary/aromatic N) is 1. The summed E-state index contributed by atoms with van der Waals surface area (Å²) in [7, 11) is 0. The van der Waals surface area contributed by atoms with Gasteiger partial charge in [-0.3, -0.25) is 10.1 Å². The fraction of sp³-hybridized carbons (Fsp3) is 0.333. The van der Waals surface area contributed by atoms with Gasteiger partial charge in [-0.1, -0.05) is 0 Å². The van der Waals surface area contributed by atoms with Gasteiger partial charge in [0.25, 0.3) is 5.69 Å². The summed E-state index contributed by atoms with van der Waals surface area (Å²) in [6, 6.07) is 2.45. The molecule has 0 radical (unpaired) electrons. The van der Waals surface area contributed by atoms with E-state index >= 15 is 0 Å². The van der Waals surface area contributed by atoms with Crippen molar-refractivity contribution < 1.29 is 23.2 Å². The molecule has 1 rings (SSSR count). The molecule has 0 amide bonds. The summed E-state index contributed by atoms with van der Waals surface area (Å²) >= 11 is 0. The average molecular weight is 250 g/mol. The number of hydrogen-bond donors (Lipinski definition) is 2. The Hall–Kier alpha value is -1.83. The molecule has 0 fully saturated rings. The lowest BCUT2D eigenvalue weighted by molar-refractivity contribution is -0.385. The summed E-state index contributed by atoms with van der Waals surface area (Å²) < 4.78 is 37.7. The van der Waals surface area contributed by atoms with Crippen LogP contribution in [0.2, 0.25) is 0 Å². The first-order chi connectivity index (χ1) is 7.77. The number of non-ortho nitro benzene ring substituents is 1. The van der Waals surface area contributed by atoms with Crippen molar-refractivity contribution in [2.24, 2.45) is 5.73 Å². The highest BCUT2D eigenvalue weighted by Gasteiger charge is 2.41. The van der Waals surface area contributed by atoms with Crippen molar-refractivity contribution in [2.75, 3.05) is 6.54 Å². The molecule has 1 aromatic carbocycles.